The van der Waals surface area contributed by atoms with Gasteiger partial charge >= 0.3 is 5.97 Å². The van der Waals surface area contributed by atoms with Crippen molar-refractivity contribution in [2.75, 3.05) is 20.8 Å². The third kappa shape index (κ3) is 2.44. The van der Waals surface area contributed by atoms with Crippen LogP contribution >= 0.6 is 0 Å². The lowest BCUT2D eigenvalue weighted by molar-refractivity contribution is -0.138. The summed E-state index contributed by atoms with van der Waals surface area (Å²) in [6.07, 6.45) is 2.81. The van der Waals surface area contributed by atoms with Crippen molar-refractivity contribution in [1.29, 1.82) is 0 Å². The van der Waals surface area contributed by atoms with Crippen LogP contribution in [0.25, 0.3) is 0 Å². The van der Waals surface area contributed by atoms with Crippen molar-refractivity contribution in [3.8, 4) is 5.75 Å². The first-order valence-corrected chi connectivity index (χ1v) is 7.12. The van der Waals surface area contributed by atoms with Crippen LogP contribution in [0.2, 0.25) is 0 Å². The molecule has 0 spiro atoms. The van der Waals surface area contributed by atoms with E-state index in [1.807, 2.05) is 36.3 Å². The van der Waals surface area contributed by atoms with E-state index in [1.165, 1.54) is 7.11 Å². The van der Waals surface area contributed by atoms with Gasteiger partial charge in [-0.1, -0.05) is 18.2 Å². The maximum Gasteiger partial charge on any atom is 0.355 e. The number of carbonyl (C=O) groups is 1. The van der Waals surface area contributed by atoms with Gasteiger partial charge in [0.05, 0.1) is 25.9 Å². The number of fused-ring (bicyclic) bond motifs is 1. The standard InChI is InChI=1S/C16H20N2O3/c1-11-8-13(12-6-4-5-7-15(12)21-11)18-10-17(2)9-14(18)16(19)20-3/h4-7,9,11,13H,8,10H2,1-3H3. The van der Waals surface area contributed by atoms with E-state index >= 15 is 0 Å². The molecule has 5 nitrogen and oxygen atoms in total. The van der Waals surface area contributed by atoms with E-state index in [4.69, 9.17) is 9.47 Å². The second kappa shape index (κ2) is 5.31. The van der Waals surface area contributed by atoms with Crippen LogP contribution in [-0.2, 0) is 9.53 Å². The summed E-state index contributed by atoms with van der Waals surface area (Å²) in [5, 5.41) is 0. The molecule has 2 atom stereocenters. The Bertz CT molecular complexity index is 585. The number of benzene rings is 1. The van der Waals surface area contributed by atoms with Gasteiger partial charge < -0.3 is 19.3 Å². The average Bonchev–Trinajstić information content (AvgIpc) is 2.87. The van der Waals surface area contributed by atoms with Gasteiger partial charge in [0, 0.05) is 25.2 Å². The molecule has 2 heterocycles. The fourth-order valence-corrected chi connectivity index (χ4v) is 3.05. The summed E-state index contributed by atoms with van der Waals surface area (Å²) in [6, 6.07) is 8.16. The predicted molar refractivity (Wildman–Crippen MR) is 78.5 cm³/mol. The second-order valence-corrected chi connectivity index (χ2v) is 5.59. The van der Waals surface area contributed by atoms with Crippen molar-refractivity contribution < 1.29 is 14.3 Å². The summed E-state index contributed by atoms with van der Waals surface area (Å²) in [5.41, 5.74) is 1.73. The molecule has 0 bridgehead atoms. The van der Waals surface area contributed by atoms with Crippen LogP contribution in [0.1, 0.15) is 24.9 Å². The van der Waals surface area contributed by atoms with Crippen molar-refractivity contribution in [3.63, 3.8) is 0 Å². The van der Waals surface area contributed by atoms with Gasteiger partial charge in [0.25, 0.3) is 0 Å². The highest BCUT2D eigenvalue weighted by Gasteiger charge is 2.36. The van der Waals surface area contributed by atoms with Crippen LogP contribution in [0.15, 0.2) is 36.2 Å². The number of hydrogen-bond donors (Lipinski definition) is 0. The van der Waals surface area contributed by atoms with Gasteiger partial charge in [0.1, 0.15) is 11.4 Å². The molecule has 0 fully saturated rings. The molecule has 112 valence electrons. The number of carbonyl (C=O) groups excluding carboxylic acids is 1. The Balaban J connectivity index is 1.97. The molecule has 0 aliphatic carbocycles. The summed E-state index contributed by atoms with van der Waals surface area (Å²) in [7, 11) is 3.37. The minimum atomic E-state index is -0.295. The highest BCUT2D eigenvalue weighted by molar-refractivity contribution is 5.88. The zero-order valence-corrected chi connectivity index (χ0v) is 12.6. The molecule has 0 radical (unpaired) electrons. The third-order valence-electron chi connectivity index (χ3n) is 3.96. The minimum Gasteiger partial charge on any atom is -0.490 e. The number of para-hydroxylation sites is 1. The molecule has 0 saturated heterocycles. The van der Waals surface area contributed by atoms with Crippen LogP contribution in [0.4, 0.5) is 0 Å². The average molecular weight is 288 g/mol. The van der Waals surface area contributed by atoms with E-state index in [1.54, 1.807) is 0 Å². The van der Waals surface area contributed by atoms with Crippen molar-refractivity contribution in [2.24, 2.45) is 0 Å². The maximum atomic E-state index is 12.0. The van der Waals surface area contributed by atoms with E-state index in [-0.39, 0.29) is 18.1 Å². The molecule has 21 heavy (non-hydrogen) atoms. The van der Waals surface area contributed by atoms with E-state index in [0.29, 0.717) is 12.4 Å². The van der Waals surface area contributed by atoms with Gasteiger partial charge in [-0.25, -0.2) is 4.79 Å². The van der Waals surface area contributed by atoms with E-state index in [0.717, 1.165) is 17.7 Å². The van der Waals surface area contributed by atoms with Gasteiger partial charge in [-0.05, 0) is 13.0 Å². The number of esters is 1. The molecule has 0 aromatic heterocycles. The molecule has 0 amide bonds. The summed E-state index contributed by atoms with van der Waals surface area (Å²) in [5.74, 6) is 0.607. The minimum absolute atomic E-state index is 0.120. The molecule has 0 saturated carbocycles. The molecule has 5 heteroatoms. The van der Waals surface area contributed by atoms with Crippen LogP contribution in [0.5, 0.6) is 5.75 Å². The third-order valence-corrected chi connectivity index (χ3v) is 3.96. The number of nitrogens with zero attached hydrogens (tertiary/aromatic N) is 2. The number of hydrogen-bond acceptors (Lipinski definition) is 5. The first kappa shape index (κ1) is 13.8. The number of methoxy groups -OCH3 is 1. The Morgan fingerprint density at radius 1 is 1.38 bits per heavy atom. The van der Waals surface area contributed by atoms with Crippen molar-refractivity contribution in [1.82, 2.24) is 9.80 Å². The van der Waals surface area contributed by atoms with Gasteiger partial charge in [-0.3, -0.25) is 0 Å². The molecule has 2 aliphatic rings. The lowest BCUT2D eigenvalue weighted by Crippen LogP contribution is -2.37. The maximum absolute atomic E-state index is 12.0. The summed E-state index contributed by atoms with van der Waals surface area (Å²) < 4.78 is 10.8. The fraction of sp³-hybridized carbons (Fsp3) is 0.438. The molecule has 2 aliphatic heterocycles. The van der Waals surface area contributed by atoms with E-state index in [9.17, 15) is 4.79 Å². The monoisotopic (exact) mass is 288 g/mol. The molecular weight excluding hydrogens is 268 g/mol. The van der Waals surface area contributed by atoms with Crippen molar-refractivity contribution in [2.45, 2.75) is 25.5 Å². The zero-order valence-electron chi connectivity index (χ0n) is 12.6. The highest BCUT2D eigenvalue weighted by Crippen LogP contribution is 2.41. The Hall–Kier alpha value is -2.17. The zero-order chi connectivity index (χ0) is 15.0. The van der Waals surface area contributed by atoms with Crippen LogP contribution in [-0.4, -0.2) is 42.7 Å². The Labute approximate surface area is 124 Å². The molecule has 3 rings (SSSR count). The molecular formula is C16H20N2O3. The van der Waals surface area contributed by atoms with Crippen LogP contribution < -0.4 is 4.74 Å². The van der Waals surface area contributed by atoms with Crippen LogP contribution in [0, 0.1) is 0 Å². The van der Waals surface area contributed by atoms with Crippen molar-refractivity contribution in [3.05, 3.63) is 41.7 Å². The van der Waals surface area contributed by atoms with Gasteiger partial charge in [0.2, 0.25) is 0 Å². The van der Waals surface area contributed by atoms with Gasteiger partial charge in [-0.2, -0.15) is 0 Å². The summed E-state index contributed by atoms with van der Waals surface area (Å²) >= 11 is 0. The SMILES string of the molecule is COC(=O)C1=CN(C)CN1C1CC(C)Oc2ccccc21. The smallest absolute Gasteiger partial charge is 0.355 e. The van der Waals surface area contributed by atoms with Gasteiger partial charge in [-0.15, -0.1) is 0 Å². The molecule has 0 N–H and O–H groups in total. The number of rotatable bonds is 2. The highest BCUT2D eigenvalue weighted by atomic mass is 16.5. The lowest BCUT2D eigenvalue weighted by Gasteiger charge is -2.37. The van der Waals surface area contributed by atoms with Crippen LogP contribution in [0.3, 0.4) is 0 Å². The normalized spacial score (nSPS) is 24.2. The van der Waals surface area contributed by atoms with E-state index in [2.05, 4.69) is 17.9 Å². The largest absolute Gasteiger partial charge is 0.490 e. The fourth-order valence-electron chi connectivity index (χ4n) is 3.05. The summed E-state index contributed by atoms with van der Waals surface area (Å²) in [6.45, 7) is 2.74. The molecule has 1 aromatic rings. The Morgan fingerprint density at radius 2 is 2.14 bits per heavy atom. The first-order valence-electron chi connectivity index (χ1n) is 7.12. The quantitative estimate of drug-likeness (QED) is 0.780. The Kier molecular flexibility index (Phi) is 3.49. The summed E-state index contributed by atoms with van der Waals surface area (Å²) in [4.78, 5) is 16.1. The first-order chi connectivity index (χ1) is 10.1. The molecule has 1 aromatic carbocycles. The predicted octanol–water partition coefficient (Wildman–Crippen LogP) is 2.12. The van der Waals surface area contributed by atoms with E-state index < -0.39 is 0 Å². The lowest BCUT2D eigenvalue weighted by atomic mass is 9.95. The Morgan fingerprint density at radius 3 is 2.90 bits per heavy atom. The topological polar surface area (TPSA) is 42.0 Å². The number of ether oxygens (including phenoxy) is 2. The molecule has 2 unspecified atom stereocenters. The second-order valence-electron chi connectivity index (χ2n) is 5.59. The van der Waals surface area contributed by atoms with Gasteiger partial charge in [0.15, 0.2) is 0 Å². The van der Waals surface area contributed by atoms with Crippen molar-refractivity contribution >= 4 is 5.97 Å².